The number of nitrogens with one attached hydrogen (secondary N) is 1. The number of rotatable bonds is 5. The van der Waals surface area contributed by atoms with Gasteiger partial charge in [-0.2, -0.15) is 0 Å². The van der Waals surface area contributed by atoms with E-state index in [0.717, 1.165) is 77.8 Å². The second kappa shape index (κ2) is 12.7. The van der Waals surface area contributed by atoms with Gasteiger partial charge in [0.2, 0.25) is 0 Å². The fraction of sp³-hybridized carbons (Fsp3) is 0.0196. The van der Waals surface area contributed by atoms with E-state index in [2.05, 4.69) is 175 Å². The minimum absolute atomic E-state index is 0.448. The van der Waals surface area contributed by atoms with Crippen LogP contribution in [0.1, 0.15) is 22.9 Å². The highest BCUT2D eigenvalue weighted by molar-refractivity contribution is 6.18. The molecular formula is C51H33N3O. The molecule has 1 unspecified atom stereocenters. The van der Waals surface area contributed by atoms with Gasteiger partial charge in [-0.05, 0) is 84.9 Å². The van der Waals surface area contributed by atoms with Crippen molar-refractivity contribution >= 4 is 65.9 Å². The molecule has 0 saturated carbocycles. The molecule has 0 saturated heterocycles. The van der Waals surface area contributed by atoms with Gasteiger partial charge in [-0.3, -0.25) is 0 Å². The largest absolute Gasteiger partial charge is 0.456 e. The van der Waals surface area contributed by atoms with E-state index in [4.69, 9.17) is 14.4 Å². The fourth-order valence-corrected chi connectivity index (χ4v) is 8.20. The molecule has 1 atom stereocenters. The molecule has 0 spiro atoms. The van der Waals surface area contributed by atoms with E-state index in [9.17, 15) is 0 Å². The lowest BCUT2D eigenvalue weighted by Gasteiger charge is -2.24. The molecule has 9 aromatic carbocycles. The van der Waals surface area contributed by atoms with Gasteiger partial charge in [0.1, 0.15) is 22.8 Å². The van der Waals surface area contributed by atoms with Crippen LogP contribution in [0.4, 0.5) is 0 Å². The Morgan fingerprint density at radius 1 is 0.382 bits per heavy atom. The lowest BCUT2D eigenvalue weighted by molar-refractivity contribution is 0.669. The highest BCUT2D eigenvalue weighted by Gasteiger charge is 2.24. The van der Waals surface area contributed by atoms with Crippen LogP contribution < -0.4 is 5.32 Å². The highest BCUT2D eigenvalue weighted by Crippen LogP contribution is 2.42. The lowest BCUT2D eigenvalue weighted by Crippen LogP contribution is -2.36. The van der Waals surface area contributed by atoms with Gasteiger partial charge in [0.05, 0.1) is 0 Å². The monoisotopic (exact) mass is 703 g/mol. The van der Waals surface area contributed by atoms with Gasteiger partial charge >= 0.3 is 0 Å². The summed E-state index contributed by atoms with van der Waals surface area (Å²) >= 11 is 0. The maximum absolute atomic E-state index is 6.59. The Kier molecular flexibility index (Phi) is 7.20. The van der Waals surface area contributed by atoms with E-state index < -0.39 is 6.17 Å². The molecule has 258 valence electrons. The predicted octanol–water partition coefficient (Wildman–Crippen LogP) is 12.9. The van der Waals surface area contributed by atoms with Gasteiger partial charge < -0.3 is 9.73 Å². The molecule has 1 aliphatic heterocycles. The van der Waals surface area contributed by atoms with E-state index in [0.29, 0.717) is 0 Å². The fourth-order valence-electron chi connectivity index (χ4n) is 8.20. The Morgan fingerprint density at radius 3 is 1.78 bits per heavy atom. The molecule has 1 aromatic heterocycles. The highest BCUT2D eigenvalue weighted by atomic mass is 16.3. The number of nitrogens with zero attached hydrogens (tertiary/aromatic N) is 2. The molecule has 0 fully saturated rings. The SMILES string of the molecule is c1ccc(C2=NC(c3ccc(-c4cccc5oc6cc(-c7ccc8ccccc8c7)ccc6c45)c4ccccc34)N=C(c3ccc4ccccc4c3)N2)cc1. The second-order valence-electron chi connectivity index (χ2n) is 14.2. The lowest BCUT2D eigenvalue weighted by atomic mass is 9.91. The Labute approximate surface area is 317 Å². The van der Waals surface area contributed by atoms with Gasteiger partial charge in [-0.25, -0.2) is 9.98 Å². The van der Waals surface area contributed by atoms with Crippen molar-refractivity contribution in [1.82, 2.24) is 5.32 Å². The Bertz CT molecular complexity index is 3190. The third-order valence-corrected chi connectivity index (χ3v) is 10.9. The molecule has 0 bridgehead atoms. The van der Waals surface area contributed by atoms with Crippen LogP contribution in [0.5, 0.6) is 0 Å². The van der Waals surface area contributed by atoms with E-state index in [1.54, 1.807) is 0 Å². The molecule has 1 aliphatic rings. The average molecular weight is 704 g/mol. The van der Waals surface area contributed by atoms with Crippen molar-refractivity contribution < 1.29 is 4.42 Å². The van der Waals surface area contributed by atoms with E-state index in [1.165, 1.54) is 27.1 Å². The number of hydrogen-bond acceptors (Lipinski definition) is 4. The summed E-state index contributed by atoms with van der Waals surface area (Å²) in [4.78, 5) is 10.5. The first-order valence-corrected chi connectivity index (χ1v) is 18.7. The van der Waals surface area contributed by atoms with Crippen LogP contribution >= 0.6 is 0 Å². The second-order valence-corrected chi connectivity index (χ2v) is 14.2. The van der Waals surface area contributed by atoms with Crippen molar-refractivity contribution in [3.05, 3.63) is 205 Å². The van der Waals surface area contributed by atoms with Crippen LogP contribution in [0.25, 0.3) is 76.5 Å². The number of amidine groups is 2. The first kappa shape index (κ1) is 31.2. The summed E-state index contributed by atoms with van der Waals surface area (Å²) < 4.78 is 6.59. The first-order valence-electron chi connectivity index (χ1n) is 18.7. The van der Waals surface area contributed by atoms with Gasteiger partial charge in [-0.1, -0.05) is 158 Å². The molecule has 2 heterocycles. The van der Waals surface area contributed by atoms with Crippen LogP contribution in [0, 0.1) is 0 Å². The molecule has 10 aromatic rings. The summed E-state index contributed by atoms with van der Waals surface area (Å²) in [6.45, 7) is 0. The molecule has 4 nitrogen and oxygen atoms in total. The van der Waals surface area contributed by atoms with Crippen molar-refractivity contribution in [1.29, 1.82) is 0 Å². The van der Waals surface area contributed by atoms with Gasteiger partial charge in [0.25, 0.3) is 0 Å². The van der Waals surface area contributed by atoms with Crippen LogP contribution in [0.15, 0.2) is 202 Å². The summed E-state index contributed by atoms with van der Waals surface area (Å²) in [5.41, 5.74) is 9.43. The molecule has 0 radical (unpaired) electrons. The first-order chi connectivity index (χ1) is 27.2. The molecule has 11 rings (SSSR count). The number of fused-ring (bicyclic) bond motifs is 6. The van der Waals surface area contributed by atoms with Crippen molar-refractivity contribution in [2.45, 2.75) is 6.17 Å². The standard InChI is InChI=1S/C51H33N3O/c1-2-13-34(14-3-1)49-52-50(39-24-22-33-12-5-7-16-36(33)30-39)54-51(53-49)44-28-27-42(40-17-8-9-18-41(40)44)43-19-10-20-46-48(43)45-26-25-38(31-47(45)55-46)37-23-21-32-11-4-6-15-35(32)29-37/h1-31,51H,(H,52,53,54). The van der Waals surface area contributed by atoms with E-state index in [-0.39, 0.29) is 0 Å². The number of benzene rings is 9. The zero-order chi connectivity index (χ0) is 36.3. The van der Waals surface area contributed by atoms with Crippen molar-refractivity contribution in [3.63, 3.8) is 0 Å². The predicted molar refractivity (Wildman–Crippen MR) is 229 cm³/mol. The van der Waals surface area contributed by atoms with Gasteiger partial charge in [-0.15, -0.1) is 0 Å². The summed E-state index contributed by atoms with van der Waals surface area (Å²) in [5.74, 6) is 1.60. The Hall–Kier alpha value is -7.30. The maximum Gasteiger partial charge on any atom is 0.170 e. The topological polar surface area (TPSA) is 49.9 Å². The third kappa shape index (κ3) is 5.38. The van der Waals surface area contributed by atoms with Crippen LogP contribution in [-0.4, -0.2) is 11.7 Å². The van der Waals surface area contributed by atoms with E-state index >= 15 is 0 Å². The van der Waals surface area contributed by atoms with Crippen LogP contribution in [0.2, 0.25) is 0 Å². The zero-order valence-electron chi connectivity index (χ0n) is 29.8. The van der Waals surface area contributed by atoms with Crippen molar-refractivity contribution in [2.75, 3.05) is 0 Å². The molecule has 1 N–H and O–H groups in total. The average Bonchev–Trinajstić information content (AvgIpc) is 3.64. The quantitative estimate of drug-likeness (QED) is 0.194. The summed E-state index contributed by atoms with van der Waals surface area (Å²) in [6, 6.07) is 66.4. The molecule has 4 heteroatoms. The van der Waals surface area contributed by atoms with Crippen LogP contribution in [0.3, 0.4) is 0 Å². The third-order valence-electron chi connectivity index (χ3n) is 10.9. The number of furan rings is 1. The summed E-state index contributed by atoms with van der Waals surface area (Å²) in [7, 11) is 0. The van der Waals surface area contributed by atoms with Gasteiger partial charge in [0.15, 0.2) is 6.17 Å². The normalized spacial score (nSPS) is 14.4. The molecule has 55 heavy (non-hydrogen) atoms. The molecular weight excluding hydrogens is 671 g/mol. The van der Waals surface area contributed by atoms with E-state index in [1.807, 2.05) is 18.2 Å². The maximum atomic E-state index is 6.59. The number of hydrogen-bond donors (Lipinski definition) is 1. The van der Waals surface area contributed by atoms with Crippen molar-refractivity contribution in [2.24, 2.45) is 9.98 Å². The van der Waals surface area contributed by atoms with Gasteiger partial charge in [0, 0.05) is 27.5 Å². The zero-order valence-corrected chi connectivity index (χ0v) is 29.8. The molecule has 0 amide bonds. The Balaban J connectivity index is 1.04. The summed E-state index contributed by atoms with van der Waals surface area (Å²) in [5, 5.41) is 12.9. The minimum Gasteiger partial charge on any atom is -0.456 e. The van der Waals surface area contributed by atoms with Crippen molar-refractivity contribution in [3.8, 4) is 22.3 Å². The summed E-state index contributed by atoms with van der Waals surface area (Å²) in [6.07, 6.45) is -0.448. The molecule has 0 aliphatic carbocycles. The number of aliphatic imine (C=N–C) groups is 2. The smallest absolute Gasteiger partial charge is 0.170 e. The minimum atomic E-state index is -0.448. The van der Waals surface area contributed by atoms with Crippen LogP contribution in [-0.2, 0) is 0 Å². The Morgan fingerprint density at radius 2 is 1.00 bits per heavy atom.